The molecule has 0 aliphatic rings. The molecule has 0 spiro atoms. The fourth-order valence-corrected chi connectivity index (χ4v) is 1.18. The number of unbranched alkanes of at least 4 members (excludes halogenated alkanes) is 1. The summed E-state index contributed by atoms with van der Waals surface area (Å²) in [5, 5.41) is 0. The number of amides is 1. The van der Waals surface area contributed by atoms with Crippen molar-refractivity contribution in [3.05, 3.63) is 0 Å². The van der Waals surface area contributed by atoms with Crippen molar-refractivity contribution in [2.45, 2.75) is 46.1 Å². The van der Waals surface area contributed by atoms with Crippen molar-refractivity contribution in [2.75, 3.05) is 13.1 Å². The third kappa shape index (κ3) is 4.27. The molecule has 3 heteroatoms. The number of rotatable bonds is 6. The normalized spacial score (nSPS) is 12.6. The molecule has 0 aliphatic heterocycles. The van der Waals surface area contributed by atoms with E-state index in [1.165, 1.54) is 0 Å². The summed E-state index contributed by atoms with van der Waals surface area (Å²) in [4.78, 5) is 13.5. The summed E-state index contributed by atoms with van der Waals surface area (Å²) >= 11 is 0. The molecule has 0 aliphatic carbocycles. The molecule has 0 aromatic heterocycles. The molecular weight excluding hydrogens is 164 g/mol. The van der Waals surface area contributed by atoms with Crippen LogP contribution in [0.4, 0.5) is 0 Å². The van der Waals surface area contributed by atoms with E-state index < -0.39 is 0 Å². The first-order chi connectivity index (χ1) is 6.17. The highest BCUT2D eigenvalue weighted by Gasteiger charge is 2.16. The summed E-state index contributed by atoms with van der Waals surface area (Å²) in [5.74, 6) is 0.0958. The van der Waals surface area contributed by atoms with Crippen molar-refractivity contribution in [3.8, 4) is 0 Å². The Morgan fingerprint density at radius 1 is 1.38 bits per heavy atom. The Morgan fingerprint density at radius 2 is 2.00 bits per heavy atom. The molecule has 2 N–H and O–H groups in total. The van der Waals surface area contributed by atoms with Gasteiger partial charge in [0.1, 0.15) is 0 Å². The highest BCUT2D eigenvalue weighted by molar-refractivity contribution is 5.81. The van der Waals surface area contributed by atoms with Crippen LogP contribution in [0.2, 0.25) is 0 Å². The molecule has 0 radical (unpaired) electrons. The van der Waals surface area contributed by atoms with Crippen molar-refractivity contribution >= 4 is 5.91 Å². The molecule has 1 atom stereocenters. The van der Waals surface area contributed by atoms with E-state index in [4.69, 9.17) is 5.73 Å². The molecule has 3 nitrogen and oxygen atoms in total. The van der Waals surface area contributed by atoms with Crippen LogP contribution in [-0.2, 0) is 4.79 Å². The molecule has 0 unspecified atom stereocenters. The Bertz CT molecular complexity index is 148. The Hall–Kier alpha value is -0.570. The van der Waals surface area contributed by atoms with Gasteiger partial charge in [0, 0.05) is 13.1 Å². The summed E-state index contributed by atoms with van der Waals surface area (Å²) < 4.78 is 0. The van der Waals surface area contributed by atoms with Gasteiger partial charge in [-0.2, -0.15) is 0 Å². The average Bonchev–Trinajstić information content (AvgIpc) is 2.17. The molecule has 13 heavy (non-hydrogen) atoms. The molecule has 0 aromatic rings. The van der Waals surface area contributed by atoms with E-state index >= 15 is 0 Å². The zero-order valence-electron chi connectivity index (χ0n) is 9.05. The van der Waals surface area contributed by atoms with Gasteiger partial charge in [0.15, 0.2) is 0 Å². The minimum atomic E-state index is -0.309. The summed E-state index contributed by atoms with van der Waals surface area (Å²) in [6, 6.07) is -0.309. The number of hydrogen-bond donors (Lipinski definition) is 1. The lowest BCUT2D eigenvalue weighted by Crippen LogP contribution is -2.43. The van der Waals surface area contributed by atoms with Gasteiger partial charge in [-0.05, 0) is 19.8 Å². The van der Waals surface area contributed by atoms with Crippen molar-refractivity contribution < 1.29 is 4.79 Å². The fraction of sp³-hybridized carbons (Fsp3) is 0.900. The van der Waals surface area contributed by atoms with E-state index in [9.17, 15) is 4.79 Å². The lowest BCUT2D eigenvalue weighted by Gasteiger charge is -2.23. The summed E-state index contributed by atoms with van der Waals surface area (Å²) in [7, 11) is 0. The van der Waals surface area contributed by atoms with Crippen LogP contribution in [-0.4, -0.2) is 29.9 Å². The van der Waals surface area contributed by atoms with E-state index in [2.05, 4.69) is 6.92 Å². The summed E-state index contributed by atoms with van der Waals surface area (Å²) in [6.07, 6.45) is 2.91. The van der Waals surface area contributed by atoms with Gasteiger partial charge in [-0.15, -0.1) is 0 Å². The van der Waals surface area contributed by atoms with Gasteiger partial charge in [-0.1, -0.05) is 20.3 Å². The Kier molecular flexibility index (Phi) is 6.59. The predicted molar refractivity (Wildman–Crippen MR) is 55.4 cm³/mol. The maximum atomic E-state index is 11.6. The topological polar surface area (TPSA) is 46.3 Å². The average molecular weight is 186 g/mol. The minimum absolute atomic E-state index is 0.0958. The highest BCUT2D eigenvalue weighted by Crippen LogP contribution is 1.99. The van der Waals surface area contributed by atoms with Crippen LogP contribution < -0.4 is 5.73 Å². The molecule has 0 aromatic carbocycles. The van der Waals surface area contributed by atoms with Gasteiger partial charge in [-0.25, -0.2) is 0 Å². The fourth-order valence-electron chi connectivity index (χ4n) is 1.18. The van der Waals surface area contributed by atoms with Crippen LogP contribution in [0, 0.1) is 0 Å². The number of nitrogens with zero attached hydrogens (tertiary/aromatic N) is 1. The third-order valence-corrected chi connectivity index (χ3v) is 2.23. The lowest BCUT2D eigenvalue weighted by atomic mass is 10.2. The standard InChI is InChI=1S/C10H22N2O/c1-4-7-8-12(6-3)10(13)9(11)5-2/h9H,4-8,11H2,1-3H3/t9-/m1/s1. The summed E-state index contributed by atoms with van der Waals surface area (Å²) in [6.45, 7) is 7.68. The number of carbonyl (C=O) groups is 1. The quantitative estimate of drug-likeness (QED) is 0.681. The molecule has 0 heterocycles. The van der Waals surface area contributed by atoms with Crippen LogP contribution in [0.3, 0.4) is 0 Å². The number of nitrogens with two attached hydrogens (primary N) is 1. The highest BCUT2D eigenvalue weighted by atomic mass is 16.2. The minimum Gasteiger partial charge on any atom is -0.342 e. The smallest absolute Gasteiger partial charge is 0.239 e. The molecule has 0 rings (SSSR count). The summed E-state index contributed by atoms with van der Waals surface area (Å²) in [5.41, 5.74) is 5.67. The maximum Gasteiger partial charge on any atom is 0.239 e. The van der Waals surface area contributed by atoms with E-state index in [-0.39, 0.29) is 11.9 Å². The van der Waals surface area contributed by atoms with Gasteiger partial charge in [0.25, 0.3) is 0 Å². The number of carbonyl (C=O) groups excluding carboxylic acids is 1. The Labute approximate surface area is 81.3 Å². The van der Waals surface area contributed by atoms with E-state index in [0.717, 1.165) is 32.4 Å². The lowest BCUT2D eigenvalue weighted by molar-refractivity contribution is -0.132. The molecule has 78 valence electrons. The second-order valence-electron chi connectivity index (χ2n) is 3.29. The van der Waals surface area contributed by atoms with Crippen molar-refractivity contribution in [2.24, 2.45) is 5.73 Å². The zero-order valence-corrected chi connectivity index (χ0v) is 9.05. The molecule has 0 bridgehead atoms. The molecule has 0 fully saturated rings. The monoisotopic (exact) mass is 186 g/mol. The molecule has 1 amide bonds. The van der Waals surface area contributed by atoms with Crippen LogP contribution >= 0.6 is 0 Å². The van der Waals surface area contributed by atoms with Gasteiger partial charge in [0.2, 0.25) is 5.91 Å². The van der Waals surface area contributed by atoms with E-state index in [0.29, 0.717) is 0 Å². The van der Waals surface area contributed by atoms with E-state index in [1.54, 1.807) is 0 Å². The largest absolute Gasteiger partial charge is 0.342 e. The van der Waals surface area contributed by atoms with E-state index in [1.807, 2.05) is 18.7 Å². The number of likely N-dealkylation sites (N-methyl/N-ethyl adjacent to an activating group) is 1. The van der Waals surface area contributed by atoms with Gasteiger partial charge in [-0.3, -0.25) is 4.79 Å². The van der Waals surface area contributed by atoms with Crippen molar-refractivity contribution in [1.29, 1.82) is 0 Å². The zero-order chi connectivity index (χ0) is 10.3. The number of hydrogen-bond acceptors (Lipinski definition) is 2. The first-order valence-corrected chi connectivity index (χ1v) is 5.21. The molecule has 0 saturated carbocycles. The Balaban J connectivity index is 3.98. The first kappa shape index (κ1) is 12.4. The van der Waals surface area contributed by atoms with Crippen LogP contribution in [0.25, 0.3) is 0 Å². The van der Waals surface area contributed by atoms with Crippen LogP contribution in [0.5, 0.6) is 0 Å². The Morgan fingerprint density at radius 3 is 2.38 bits per heavy atom. The molecular formula is C10H22N2O. The van der Waals surface area contributed by atoms with Crippen LogP contribution in [0.1, 0.15) is 40.0 Å². The van der Waals surface area contributed by atoms with Gasteiger partial charge < -0.3 is 10.6 Å². The maximum absolute atomic E-state index is 11.6. The van der Waals surface area contributed by atoms with Crippen LogP contribution in [0.15, 0.2) is 0 Å². The molecule has 0 saturated heterocycles. The van der Waals surface area contributed by atoms with Crippen molar-refractivity contribution in [3.63, 3.8) is 0 Å². The van der Waals surface area contributed by atoms with Crippen molar-refractivity contribution in [1.82, 2.24) is 4.90 Å². The first-order valence-electron chi connectivity index (χ1n) is 5.21. The van der Waals surface area contributed by atoms with Gasteiger partial charge in [0.05, 0.1) is 6.04 Å². The second-order valence-corrected chi connectivity index (χ2v) is 3.29. The third-order valence-electron chi connectivity index (χ3n) is 2.23. The predicted octanol–water partition coefficient (Wildman–Crippen LogP) is 1.37. The second kappa shape index (κ2) is 6.89. The van der Waals surface area contributed by atoms with Gasteiger partial charge >= 0.3 is 0 Å². The SMILES string of the molecule is CCCCN(CC)C(=O)[C@H](N)CC.